The molecular weight excluding hydrogens is 149 g/mol. The summed E-state index contributed by atoms with van der Waals surface area (Å²) in [6.07, 6.45) is 0. The summed E-state index contributed by atoms with van der Waals surface area (Å²) in [7, 11) is 0. The molecule has 0 saturated carbocycles. The number of halogens is 1. The van der Waals surface area contributed by atoms with E-state index in [2.05, 4.69) is 0 Å². The van der Waals surface area contributed by atoms with E-state index >= 15 is 0 Å². The largest absolute Gasteiger partial charge is 0.391 e. The Bertz CT molecular complexity index is 224. The van der Waals surface area contributed by atoms with Gasteiger partial charge in [-0.1, -0.05) is 0 Å². The van der Waals surface area contributed by atoms with E-state index in [4.69, 9.17) is 5.73 Å². The van der Waals surface area contributed by atoms with Crippen LogP contribution in [0.5, 0.6) is 0 Å². The molecule has 1 nitrogen and oxygen atoms in total. The lowest BCUT2D eigenvalue weighted by atomic mass is 10.1. The Hall–Kier alpha value is -0.570. The van der Waals surface area contributed by atoms with Gasteiger partial charge in [-0.05, 0) is 26.0 Å². The van der Waals surface area contributed by atoms with Gasteiger partial charge in [0.1, 0.15) is 5.67 Å². The zero-order valence-electron chi connectivity index (χ0n) is 6.02. The Balaban J connectivity index is 2.96. The minimum atomic E-state index is -1.25. The van der Waals surface area contributed by atoms with Gasteiger partial charge in [0.15, 0.2) is 0 Å². The Kier molecular flexibility index (Phi) is 1.68. The highest BCUT2D eigenvalue weighted by molar-refractivity contribution is 7.16. The molecule has 2 N–H and O–H groups in total. The summed E-state index contributed by atoms with van der Waals surface area (Å²) in [5.41, 5.74) is 4.18. The third-order valence-electron chi connectivity index (χ3n) is 1.21. The molecule has 1 rings (SSSR count). The highest BCUT2D eigenvalue weighted by Gasteiger charge is 2.20. The van der Waals surface area contributed by atoms with Gasteiger partial charge in [-0.25, -0.2) is 4.39 Å². The number of rotatable bonds is 1. The van der Waals surface area contributed by atoms with Gasteiger partial charge >= 0.3 is 0 Å². The second kappa shape index (κ2) is 2.23. The maximum atomic E-state index is 13.1. The minimum Gasteiger partial charge on any atom is -0.391 e. The Labute approximate surface area is 63.7 Å². The molecule has 0 spiro atoms. The van der Waals surface area contributed by atoms with Crippen molar-refractivity contribution in [1.82, 2.24) is 0 Å². The average molecular weight is 159 g/mol. The Morgan fingerprint density at radius 2 is 2.10 bits per heavy atom. The van der Waals surface area contributed by atoms with Crippen LogP contribution in [0, 0.1) is 0 Å². The molecular formula is C7H10FNS. The fraction of sp³-hybridized carbons (Fsp3) is 0.429. The van der Waals surface area contributed by atoms with Gasteiger partial charge in [-0.3, -0.25) is 0 Å². The van der Waals surface area contributed by atoms with Crippen molar-refractivity contribution in [3.8, 4) is 0 Å². The van der Waals surface area contributed by atoms with Gasteiger partial charge < -0.3 is 5.73 Å². The van der Waals surface area contributed by atoms with Crippen LogP contribution in [0.1, 0.15) is 18.7 Å². The SMILES string of the molecule is CC(C)(F)c1ccc(N)s1. The van der Waals surface area contributed by atoms with Gasteiger partial charge in [0.25, 0.3) is 0 Å². The topological polar surface area (TPSA) is 26.0 Å². The van der Waals surface area contributed by atoms with Crippen molar-refractivity contribution in [1.29, 1.82) is 0 Å². The first-order valence-corrected chi connectivity index (χ1v) is 3.86. The summed E-state index contributed by atoms with van der Waals surface area (Å²) < 4.78 is 13.1. The van der Waals surface area contributed by atoms with Crippen molar-refractivity contribution in [3.63, 3.8) is 0 Å². The third kappa shape index (κ3) is 1.48. The zero-order valence-corrected chi connectivity index (χ0v) is 6.83. The zero-order chi connectivity index (χ0) is 7.78. The van der Waals surface area contributed by atoms with Gasteiger partial charge in [0.05, 0.1) is 5.00 Å². The van der Waals surface area contributed by atoms with E-state index in [9.17, 15) is 4.39 Å². The van der Waals surface area contributed by atoms with Crippen LogP contribution in [0.4, 0.5) is 9.39 Å². The monoisotopic (exact) mass is 159 g/mol. The quantitative estimate of drug-likeness (QED) is 0.669. The van der Waals surface area contributed by atoms with Crippen LogP contribution in [0.15, 0.2) is 12.1 Å². The lowest BCUT2D eigenvalue weighted by Gasteiger charge is -2.09. The molecule has 1 heterocycles. The number of hydrogen-bond donors (Lipinski definition) is 1. The molecule has 0 bridgehead atoms. The molecule has 56 valence electrons. The molecule has 3 heteroatoms. The minimum absolute atomic E-state index is 0.667. The van der Waals surface area contributed by atoms with Gasteiger partial charge in [0, 0.05) is 4.88 Å². The van der Waals surface area contributed by atoms with Crippen molar-refractivity contribution >= 4 is 16.3 Å². The molecule has 1 aromatic rings. The molecule has 0 aliphatic carbocycles. The maximum absolute atomic E-state index is 13.1. The normalized spacial score (nSPS) is 11.9. The van der Waals surface area contributed by atoms with Crippen LogP contribution in [-0.2, 0) is 5.67 Å². The number of alkyl halides is 1. The lowest BCUT2D eigenvalue weighted by molar-refractivity contribution is 0.227. The molecule has 0 unspecified atom stereocenters. The van der Waals surface area contributed by atoms with Crippen molar-refractivity contribution in [2.45, 2.75) is 19.5 Å². The number of thiophene rings is 1. The van der Waals surface area contributed by atoms with Gasteiger partial charge in [-0.2, -0.15) is 0 Å². The van der Waals surface area contributed by atoms with Crippen LogP contribution >= 0.6 is 11.3 Å². The van der Waals surface area contributed by atoms with Crippen LogP contribution in [0.25, 0.3) is 0 Å². The average Bonchev–Trinajstić information content (AvgIpc) is 2.11. The van der Waals surface area contributed by atoms with E-state index < -0.39 is 5.67 Å². The van der Waals surface area contributed by atoms with Crippen molar-refractivity contribution in [2.75, 3.05) is 5.73 Å². The molecule has 0 atom stereocenters. The fourth-order valence-electron chi connectivity index (χ4n) is 0.672. The Morgan fingerprint density at radius 3 is 2.30 bits per heavy atom. The summed E-state index contributed by atoms with van der Waals surface area (Å²) in [6, 6.07) is 3.45. The first-order valence-electron chi connectivity index (χ1n) is 3.05. The molecule has 1 aromatic heterocycles. The highest BCUT2D eigenvalue weighted by atomic mass is 32.1. The van der Waals surface area contributed by atoms with Crippen molar-refractivity contribution < 1.29 is 4.39 Å². The molecule has 0 saturated heterocycles. The van der Waals surface area contributed by atoms with Crippen LogP contribution < -0.4 is 5.73 Å². The van der Waals surface area contributed by atoms with E-state index in [0.717, 1.165) is 0 Å². The smallest absolute Gasteiger partial charge is 0.139 e. The van der Waals surface area contributed by atoms with Crippen molar-refractivity contribution in [3.05, 3.63) is 17.0 Å². The van der Waals surface area contributed by atoms with E-state index in [1.54, 1.807) is 12.1 Å². The summed E-state index contributed by atoms with van der Waals surface area (Å²) in [5.74, 6) is 0. The standard InChI is InChI=1S/C7H10FNS/c1-7(2,8)5-3-4-6(9)10-5/h3-4H,9H2,1-2H3. The molecule has 0 amide bonds. The van der Waals surface area contributed by atoms with Crippen LogP contribution in [-0.4, -0.2) is 0 Å². The van der Waals surface area contributed by atoms with Crippen LogP contribution in [0.2, 0.25) is 0 Å². The summed E-state index contributed by atoms with van der Waals surface area (Å²) in [4.78, 5) is 0.685. The molecule has 0 aliphatic heterocycles. The lowest BCUT2D eigenvalue weighted by Crippen LogP contribution is -2.05. The molecule has 0 aliphatic rings. The van der Waals surface area contributed by atoms with E-state index in [0.29, 0.717) is 9.88 Å². The maximum Gasteiger partial charge on any atom is 0.139 e. The highest BCUT2D eigenvalue weighted by Crippen LogP contribution is 2.31. The number of nitrogen functional groups attached to an aromatic ring is 1. The van der Waals surface area contributed by atoms with Crippen LogP contribution in [0.3, 0.4) is 0 Å². The molecule has 10 heavy (non-hydrogen) atoms. The van der Waals surface area contributed by atoms with Gasteiger partial charge in [0.2, 0.25) is 0 Å². The summed E-state index contributed by atoms with van der Waals surface area (Å²) in [6.45, 7) is 3.05. The molecule has 0 fully saturated rings. The molecule has 0 aromatic carbocycles. The Morgan fingerprint density at radius 1 is 1.50 bits per heavy atom. The molecule has 0 radical (unpaired) electrons. The predicted molar refractivity (Wildman–Crippen MR) is 42.9 cm³/mol. The predicted octanol–water partition coefficient (Wildman–Crippen LogP) is 2.53. The van der Waals surface area contributed by atoms with Crippen molar-refractivity contribution in [2.24, 2.45) is 0 Å². The summed E-state index contributed by atoms with van der Waals surface area (Å²) >= 11 is 1.30. The van der Waals surface area contributed by atoms with E-state index in [-0.39, 0.29) is 0 Å². The second-order valence-corrected chi connectivity index (χ2v) is 3.79. The number of hydrogen-bond acceptors (Lipinski definition) is 2. The van der Waals surface area contributed by atoms with E-state index in [1.807, 2.05) is 0 Å². The third-order valence-corrected chi connectivity index (χ3v) is 2.43. The van der Waals surface area contributed by atoms with Gasteiger partial charge in [-0.15, -0.1) is 11.3 Å². The number of anilines is 1. The fourth-order valence-corrected chi connectivity index (χ4v) is 1.44. The first-order chi connectivity index (χ1) is 4.50. The second-order valence-electron chi connectivity index (χ2n) is 2.67. The summed E-state index contributed by atoms with van der Waals surface area (Å²) in [5, 5.41) is 0.667. The first kappa shape index (κ1) is 7.54. The number of nitrogens with two attached hydrogens (primary N) is 1. The van der Waals surface area contributed by atoms with E-state index in [1.165, 1.54) is 25.2 Å².